The standard InChI is InChI=1S/C20H18F2O6/c21-11-14-15(22)16(27-18(23)12-7-3-1-4-8-12)17(20(25)26-14)28-19(24)13-9-5-2-6-10-13/h1-10,14-17,20,25H,11H2/t14-,15+,16+,17+,20+/m1/s1. The first kappa shape index (κ1) is 19.9. The van der Waals surface area contributed by atoms with Crippen molar-refractivity contribution >= 4 is 11.9 Å². The van der Waals surface area contributed by atoms with Gasteiger partial charge in [0.15, 0.2) is 24.7 Å². The minimum Gasteiger partial charge on any atom is -0.451 e. The molecule has 1 saturated heterocycles. The van der Waals surface area contributed by atoms with Gasteiger partial charge < -0.3 is 19.3 Å². The van der Waals surface area contributed by atoms with Crippen LogP contribution in [0, 0.1) is 0 Å². The number of aliphatic hydroxyl groups excluding tert-OH is 1. The molecule has 1 heterocycles. The molecule has 148 valence electrons. The molecule has 0 saturated carbocycles. The van der Waals surface area contributed by atoms with Gasteiger partial charge >= 0.3 is 11.9 Å². The molecule has 8 heteroatoms. The highest BCUT2D eigenvalue weighted by Gasteiger charge is 2.50. The summed E-state index contributed by atoms with van der Waals surface area (Å²) in [7, 11) is 0. The van der Waals surface area contributed by atoms with Crippen LogP contribution in [0.4, 0.5) is 8.78 Å². The monoisotopic (exact) mass is 392 g/mol. The van der Waals surface area contributed by atoms with Gasteiger partial charge in [-0.1, -0.05) is 36.4 Å². The fraction of sp³-hybridized carbons (Fsp3) is 0.300. The van der Waals surface area contributed by atoms with Crippen molar-refractivity contribution in [3.8, 4) is 0 Å². The zero-order valence-corrected chi connectivity index (χ0v) is 14.6. The highest BCUT2D eigenvalue weighted by Crippen LogP contribution is 2.29. The third-order valence-corrected chi connectivity index (χ3v) is 4.25. The molecule has 1 aliphatic rings. The number of aliphatic hydroxyl groups is 1. The molecule has 0 aliphatic carbocycles. The van der Waals surface area contributed by atoms with Crippen molar-refractivity contribution < 1.29 is 37.7 Å². The normalized spacial score (nSPS) is 27.0. The molecule has 2 aromatic carbocycles. The molecule has 3 rings (SSSR count). The Morgan fingerprint density at radius 1 is 0.893 bits per heavy atom. The van der Waals surface area contributed by atoms with Gasteiger partial charge in [0.25, 0.3) is 0 Å². The van der Waals surface area contributed by atoms with Gasteiger partial charge in [0.2, 0.25) is 0 Å². The first-order valence-corrected chi connectivity index (χ1v) is 8.57. The van der Waals surface area contributed by atoms with Crippen LogP contribution in [0.1, 0.15) is 20.7 Å². The number of alkyl halides is 2. The van der Waals surface area contributed by atoms with E-state index in [1.807, 2.05) is 0 Å². The zero-order chi connectivity index (χ0) is 20.1. The van der Waals surface area contributed by atoms with E-state index in [9.17, 15) is 23.5 Å². The lowest BCUT2D eigenvalue weighted by molar-refractivity contribution is -0.270. The molecule has 5 atom stereocenters. The van der Waals surface area contributed by atoms with Crippen molar-refractivity contribution in [3.63, 3.8) is 0 Å². The van der Waals surface area contributed by atoms with Crippen LogP contribution in [-0.2, 0) is 14.2 Å². The zero-order valence-electron chi connectivity index (χ0n) is 14.6. The molecule has 1 aliphatic heterocycles. The summed E-state index contributed by atoms with van der Waals surface area (Å²) in [6, 6.07) is 15.5. The minimum absolute atomic E-state index is 0.126. The lowest BCUT2D eigenvalue weighted by Crippen LogP contribution is -2.59. The van der Waals surface area contributed by atoms with Crippen LogP contribution < -0.4 is 0 Å². The predicted molar refractivity (Wildman–Crippen MR) is 93.0 cm³/mol. The van der Waals surface area contributed by atoms with Crippen molar-refractivity contribution in [2.45, 2.75) is 30.8 Å². The summed E-state index contributed by atoms with van der Waals surface area (Å²) >= 11 is 0. The average molecular weight is 392 g/mol. The van der Waals surface area contributed by atoms with Gasteiger partial charge in [-0.25, -0.2) is 18.4 Å². The predicted octanol–water partition coefficient (Wildman–Crippen LogP) is 2.46. The SMILES string of the molecule is O=C(O[C@H]1[C@@H](F)[C@@H](CF)O[C@H](O)[C@H]1OC(=O)c1ccccc1)c1ccccc1. The second-order valence-corrected chi connectivity index (χ2v) is 6.14. The van der Waals surface area contributed by atoms with E-state index in [1.165, 1.54) is 24.3 Å². The Morgan fingerprint density at radius 2 is 1.36 bits per heavy atom. The summed E-state index contributed by atoms with van der Waals surface area (Å²) in [5.74, 6) is -1.78. The van der Waals surface area contributed by atoms with E-state index < -0.39 is 49.4 Å². The molecule has 6 nitrogen and oxygen atoms in total. The molecule has 0 radical (unpaired) electrons. The van der Waals surface area contributed by atoms with Gasteiger partial charge in [-0.3, -0.25) is 0 Å². The van der Waals surface area contributed by atoms with Gasteiger partial charge in [0, 0.05) is 0 Å². The summed E-state index contributed by atoms with van der Waals surface area (Å²) in [5, 5.41) is 10.1. The molecule has 1 fully saturated rings. The minimum atomic E-state index is -2.14. The Kier molecular flexibility index (Phi) is 6.33. The Balaban J connectivity index is 1.82. The van der Waals surface area contributed by atoms with E-state index in [-0.39, 0.29) is 11.1 Å². The van der Waals surface area contributed by atoms with E-state index in [0.717, 1.165) is 0 Å². The first-order chi connectivity index (χ1) is 13.5. The maximum absolute atomic E-state index is 14.7. The second-order valence-electron chi connectivity index (χ2n) is 6.14. The van der Waals surface area contributed by atoms with Crippen LogP contribution in [0.2, 0.25) is 0 Å². The van der Waals surface area contributed by atoms with Crippen molar-refractivity contribution in [2.24, 2.45) is 0 Å². The fourth-order valence-corrected chi connectivity index (χ4v) is 2.80. The molecule has 1 N–H and O–H groups in total. The molecular formula is C20H18F2O6. The van der Waals surface area contributed by atoms with Crippen LogP contribution in [0.3, 0.4) is 0 Å². The lowest BCUT2D eigenvalue weighted by atomic mass is 10.00. The van der Waals surface area contributed by atoms with Crippen LogP contribution in [0.5, 0.6) is 0 Å². The summed E-state index contributed by atoms with van der Waals surface area (Å²) < 4.78 is 42.9. The van der Waals surface area contributed by atoms with E-state index in [0.29, 0.717) is 0 Å². The van der Waals surface area contributed by atoms with E-state index in [2.05, 4.69) is 0 Å². The van der Waals surface area contributed by atoms with E-state index >= 15 is 0 Å². The number of carbonyl (C=O) groups excluding carboxylic acids is 2. The molecule has 0 unspecified atom stereocenters. The van der Waals surface area contributed by atoms with Crippen molar-refractivity contribution in [3.05, 3.63) is 71.8 Å². The maximum atomic E-state index is 14.7. The van der Waals surface area contributed by atoms with Gasteiger partial charge in [0.05, 0.1) is 11.1 Å². The van der Waals surface area contributed by atoms with Crippen LogP contribution in [0.25, 0.3) is 0 Å². The fourth-order valence-electron chi connectivity index (χ4n) is 2.80. The lowest BCUT2D eigenvalue weighted by Gasteiger charge is -2.39. The first-order valence-electron chi connectivity index (χ1n) is 8.57. The number of ether oxygens (including phenoxy) is 3. The van der Waals surface area contributed by atoms with Crippen LogP contribution in [0.15, 0.2) is 60.7 Å². The van der Waals surface area contributed by atoms with Crippen LogP contribution >= 0.6 is 0 Å². The summed E-state index contributed by atoms with van der Waals surface area (Å²) in [6.07, 6.45) is -9.08. The highest BCUT2D eigenvalue weighted by molar-refractivity contribution is 5.90. The van der Waals surface area contributed by atoms with Crippen molar-refractivity contribution in [2.75, 3.05) is 6.67 Å². The number of hydrogen-bond donors (Lipinski definition) is 1. The number of halogens is 2. The van der Waals surface area contributed by atoms with Gasteiger partial charge in [0.1, 0.15) is 12.8 Å². The number of carbonyl (C=O) groups is 2. The van der Waals surface area contributed by atoms with Gasteiger partial charge in [-0.05, 0) is 24.3 Å². The Morgan fingerprint density at radius 3 is 1.82 bits per heavy atom. The molecule has 28 heavy (non-hydrogen) atoms. The summed E-state index contributed by atoms with van der Waals surface area (Å²) in [5.41, 5.74) is 0.270. The van der Waals surface area contributed by atoms with Gasteiger partial charge in [-0.2, -0.15) is 0 Å². The van der Waals surface area contributed by atoms with E-state index in [4.69, 9.17) is 14.2 Å². The molecule has 0 aromatic heterocycles. The molecule has 0 bridgehead atoms. The number of hydrogen-bond acceptors (Lipinski definition) is 6. The second kappa shape index (κ2) is 8.90. The number of esters is 2. The van der Waals surface area contributed by atoms with E-state index in [1.54, 1.807) is 36.4 Å². The molecule has 2 aromatic rings. The maximum Gasteiger partial charge on any atom is 0.338 e. The molecular weight excluding hydrogens is 374 g/mol. The van der Waals surface area contributed by atoms with Crippen molar-refractivity contribution in [1.29, 1.82) is 0 Å². The van der Waals surface area contributed by atoms with Crippen molar-refractivity contribution in [1.82, 2.24) is 0 Å². The average Bonchev–Trinajstić information content (AvgIpc) is 2.73. The topological polar surface area (TPSA) is 82.1 Å². The third-order valence-electron chi connectivity index (χ3n) is 4.25. The quantitative estimate of drug-likeness (QED) is 0.788. The summed E-state index contributed by atoms with van der Waals surface area (Å²) in [6.45, 7) is -1.25. The Hall–Kier alpha value is -2.84. The third kappa shape index (κ3) is 4.35. The number of rotatable bonds is 5. The van der Waals surface area contributed by atoms with Crippen LogP contribution in [-0.4, -0.2) is 54.5 Å². The molecule has 0 spiro atoms. The Labute approximate surface area is 159 Å². The van der Waals surface area contributed by atoms with Gasteiger partial charge in [-0.15, -0.1) is 0 Å². The smallest absolute Gasteiger partial charge is 0.338 e. The number of benzene rings is 2. The highest BCUT2D eigenvalue weighted by atomic mass is 19.1. The molecule has 0 amide bonds. The largest absolute Gasteiger partial charge is 0.451 e. The summed E-state index contributed by atoms with van der Waals surface area (Å²) in [4.78, 5) is 24.6. The Bertz CT molecular complexity index is 801.